The van der Waals surface area contributed by atoms with E-state index in [1.807, 2.05) is 6.92 Å². The largest absolute Gasteiger partial charge is 0.380 e. The van der Waals surface area contributed by atoms with Crippen LogP contribution in [-0.4, -0.2) is 43.5 Å². The second kappa shape index (κ2) is 6.29. The standard InChI is InChI=1S/C8H14ClN3O4S/c1-3-16-5-4-12-7(6-15-2)10-11-8(12)17(9,13)14/h3-6H2,1-2H3. The highest BCUT2D eigenvalue weighted by Gasteiger charge is 2.22. The number of hydrogen-bond donors (Lipinski definition) is 0. The summed E-state index contributed by atoms with van der Waals surface area (Å²) in [4.78, 5) is 0. The first-order valence-corrected chi connectivity index (χ1v) is 7.25. The summed E-state index contributed by atoms with van der Waals surface area (Å²) < 4.78 is 34.0. The molecular weight excluding hydrogens is 270 g/mol. The molecule has 0 aliphatic carbocycles. The van der Waals surface area contributed by atoms with Gasteiger partial charge in [0.25, 0.3) is 14.2 Å². The van der Waals surface area contributed by atoms with Gasteiger partial charge >= 0.3 is 0 Å². The molecule has 1 heterocycles. The van der Waals surface area contributed by atoms with Gasteiger partial charge in [-0.2, -0.15) is 0 Å². The fourth-order valence-corrected chi connectivity index (χ4v) is 2.20. The summed E-state index contributed by atoms with van der Waals surface area (Å²) in [6.07, 6.45) is 0. The van der Waals surface area contributed by atoms with Crippen molar-refractivity contribution in [3.8, 4) is 0 Å². The van der Waals surface area contributed by atoms with Crippen LogP contribution in [0, 0.1) is 0 Å². The zero-order valence-electron chi connectivity index (χ0n) is 9.59. The Bertz CT molecular complexity index is 459. The van der Waals surface area contributed by atoms with E-state index in [-0.39, 0.29) is 11.8 Å². The van der Waals surface area contributed by atoms with Crippen molar-refractivity contribution < 1.29 is 17.9 Å². The van der Waals surface area contributed by atoms with Crippen LogP contribution in [0.2, 0.25) is 0 Å². The summed E-state index contributed by atoms with van der Waals surface area (Å²) in [5.41, 5.74) is 0. The quantitative estimate of drug-likeness (QED) is 0.532. The molecule has 0 amide bonds. The van der Waals surface area contributed by atoms with Crippen LogP contribution >= 0.6 is 10.7 Å². The van der Waals surface area contributed by atoms with Crippen molar-refractivity contribution in [1.82, 2.24) is 14.8 Å². The molecule has 0 saturated carbocycles. The van der Waals surface area contributed by atoms with Crippen LogP contribution in [0.4, 0.5) is 0 Å². The van der Waals surface area contributed by atoms with Crippen molar-refractivity contribution in [2.45, 2.75) is 25.2 Å². The molecule has 0 aliphatic heterocycles. The molecule has 0 aromatic carbocycles. The van der Waals surface area contributed by atoms with Gasteiger partial charge in [0, 0.05) is 24.4 Å². The maximum absolute atomic E-state index is 11.3. The number of ether oxygens (including phenoxy) is 2. The predicted octanol–water partition coefficient (Wildman–Crippen LogP) is 0.389. The summed E-state index contributed by atoms with van der Waals surface area (Å²) in [7, 11) is 2.82. The van der Waals surface area contributed by atoms with Crippen molar-refractivity contribution in [3.05, 3.63) is 5.82 Å². The molecule has 7 nitrogen and oxygen atoms in total. The minimum Gasteiger partial charge on any atom is -0.380 e. The van der Waals surface area contributed by atoms with Crippen molar-refractivity contribution in [1.29, 1.82) is 0 Å². The summed E-state index contributed by atoms with van der Waals surface area (Å²) in [6, 6.07) is 0. The van der Waals surface area contributed by atoms with Gasteiger partial charge in [-0.1, -0.05) is 0 Å². The van der Waals surface area contributed by atoms with Gasteiger partial charge in [0.2, 0.25) is 0 Å². The zero-order valence-corrected chi connectivity index (χ0v) is 11.2. The first-order chi connectivity index (χ1) is 8.00. The molecule has 1 aromatic rings. The van der Waals surface area contributed by atoms with E-state index >= 15 is 0 Å². The number of halogens is 1. The molecule has 17 heavy (non-hydrogen) atoms. The zero-order chi connectivity index (χ0) is 12.9. The first kappa shape index (κ1) is 14.4. The molecule has 0 aliphatic rings. The molecule has 0 bridgehead atoms. The Kier molecular flexibility index (Phi) is 5.31. The number of methoxy groups -OCH3 is 1. The number of aromatic nitrogens is 3. The van der Waals surface area contributed by atoms with E-state index in [0.29, 0.717) is 25.6 Å². The topological polar surface area (TPSA) is 83.3 Å². The molecular formula is C8H14ClN3O4S. The lowest BCUT2D eigenvalue weighted by atomic mass is 10.6. The van der Waals surface area contributed by atoms with E-state index in [9.17, 15) is 8.42 Å². The van der Waals surface area contributed by atoms with Crippen LogP contribution in [-0.2, 0) is 31.7 Å². The highest BCUT2D eigenvalue weighted by atomic mass is 35.7. The van der Waals surface area contributed by atoms with Gasteiger partial charge in [0.05, 0.1) is 13.2 Å². The van der Waals surface area contributed by atoms with Crippen LogP contribution in [0.15, 0.2) is 5.16 Å². The predicted molar refractivity (Wildman–Crippen MR) is 60.3 cm³/mol. The first-order valence-electron chi connectivity index (χ1n) is 4.94. The molecule has 0 saturated heterocycles. The lowest BCUT2D eigenvalue weighted by Gasteiger charge is -2.08. The van der Waals surface area contributed by atoms with Gasteiger partial charge in [-0.05, 0) is 6.92 Å². The Balaban J connectivity index is 2.98. The average molecular weight is 284 g/mol. The van der Waals surface area contributed by atoms with Gasteiger partial charge in [0.15, 0.2) is 5.82 Å². The van der Waals surface area contributed by atoms with Crippen molar-refractivity contribution >= 4 is 19.7 Å². The van der Waals surface area contributed by atoms with Gasteiger partial charge in [-0.3, -0.25) is 4.57 Å². The number of rotatable bonds is 7. The van der Waals surface area contributed by atoms with Crippen LogP contribution in [0.3, 0.4) is 0 Å². The Hall–Kier alpha value is -0.700. The lowest BCUT2D eigenvalue weighted by molar-refractivity contribution is 0.131. The third-order valence-corrected chi connectivity index (χ3v) is 3.10. The van der Waals surface area contributed by atoms with Gasteiger partial charge < -0.3 is 9.47 Å². The smallest absolute Gasteiger partial charge is 0.296 e. The van der Waals surface area contributed by atoms with E-state index < -0.39 is 9.05 Å². The second-order valence-electron chi connectivity index (χ2n) is 3.12. The third kappa shape index (κ3) is 3.91. The van der Waals surface area contributed by atoms with Crippen LogP contribution in [0.1, 0.15) is 12.7 Å². The fraction of sp³-hybridized carbons (Fsp3) is 0.750. The molecule has 0 atom stereocenters. The molecule has 0 unspecified atom stereocenters. The summed E-state index contributed by atoms with van der Waals surface area (Å²) in [6.45, 7) is 3.21. The van der Waals surface area contributed by atoms with E-state index in [1.54, 1.807) is 0 Å². The third-order valence-electron chi connectivity index (χ3n) is 1.95. The van der Waals surface area contributed by atoms with Gasteiger partial charge in [-0.25, -0.2) is 8.42 Å². The van der Waals surface area contributed by atoms with Crippen molar-refractivity contribution in [2.75, 3.05) is 20.3 Å². The van der Waals surface area contributed by atoms with Crippen molar-refractivity contribution in [2.24, 2.45) is 0 Å². The molecule has 1 aromatic heterocycles. The fourth-order valence-electron chi connectivity index (χ4n) is 1.26. The molecule has 0 N–H and O–H groups in total. The SMILES string of the molecule is CCOCCn1c(COC)nnc1S(=O)(=O)Cl. The average Bonchev–Trinajstić information content (AvgIpc) is 2.62. The second-order valence-corrected chi connectivity index (χ2v) is 5.58. The minimum absolute atomic E-state index is 0.158. The maximum Gasteiger partial charge on any atom is 0.296 e. The minimum atomic E-state index is -3.92. The van der Waals surface area contributed by atoms with E-state index in [1.165, 1.54) is 11.7 Å². The summed E-state index contributed by atoms with van der Waals surface area (Å²) >= 11 is 0. The van der Waals surface area contributed by atoms with Gasteiger partial charge in [-0.15, -0.1) is 10.2 Å². The van der Waals surface area contributed by atoms with Crippen LogP contribution in [0.25, 0.3) is 0 Å². The molecule has 0 radical (unpaired) electrons. The molecule has 9 heteroatoms. The molecule has 98 valence electrons. The normalized spacial score (nSPS) is 11.9. The number of nitrogens with zero attached hydrogens (tertiary/aromatic N) is 3. The maximum atomic E-state index is 11.3. The molecule has 0 fully saturated rings. The van der Waals surface area contributed by atoms with Crippen molar-refractivity contribution in [3.63, 3.8) is 0 Å². The Morgan fingerprint density at radius 3 is 2.65 bits per heavy atom. The Morgan fingerprint density at radius 1 is 1.41 bits per heavy atom. The molecule has 1 rings (SSSR count). The lowest BCUT2D eigenvalue weighted by Crippen LogP contribution is -2.14. The monoisotopic (exact) mass is 283 g/mol. The van der Waals surface area contributed by atoms with E-state index in [0.717, 1.165) is 0 Å². The Morgan fingerprint density at radius 2 is 2.12 bits per heavy atom. The van der Waals surface area contributed by atoms with Crippen LogP contribution < -0.4 is 0 Å². The number of hydrogen-bond acceptors (Lipinski definition) is 6. The summed E-state index contributed by atoms with van der Waals surface area (Å²) in [5, 5.41) is 6.98. The van der Waals surface area contributed by atoms with Gasteiger partial charge in [0.1, 0.15) is 6.61 Å². The van der Waals surface area contributed by atoms with Crippen LogP contribution in [0.5, 0.6) is 0 Å². The van der Waals surface area contributed by atoms with E-state index in [2.05, 4.69) is 10.2 Å². The molecule has 0 spiro atoms. The Labute approximate surface area is 104 Å². The van der Waals surface area contributed by atoms with E-state index in [4.69, 9.17) is 20.2 Å². The summed E-state index contributed by atoms with van der Waals surface area (Å²) in [5.74, 6) is 0.395. The highest BCUT2D eigenvalue weighted by molar-refractivity contribution is 8.13. The highest BCUT2D eigenvalue weighted by Crippen LogP contribution is 2.14.